The summed E-state index contributed by atoms with van der Waals surface area (Å²) in [5.41, 5.74) is 2.33. The van der Waals surface area contributed by atoms with Gasteiger partial charge in [-0.15, -0.1) is 11.3 Å². The number of pyridine rings is 1. The van der Waals surface area contributed by atoms with Gasteiger partial charge in [-0.3, -0.25) is 4.79 Å². The SMILES string of the molecule is CNC(=O)c1cc(-c2ccc(C)s2)nc2onc(C)c12. The largest absolute Gasteiger partial charge is 0.355 e. The zero-order valence-electron chi connectivity index (χ0n) is 11.4. The number of thiophene rings is 1. The highest BCUT2D eigenvalue weighted by Gasteiger charge is 2.18. The Kier molecular flexibility index (Phi) is 3.02. The van der Waals surface area contributed by atoms with Crippen molar-refractivity contribution < 1.29 is 9.32 Å². The molecule has 3 rings (SSSR count). The van der Waals surface area contributed by atoms with Gasteiger partial charge in [0.25, 0.3) is 11.6 Å². The molecule has 0 unspecified atom stereocenters. The monoisotopic (exact) mass is 287 g/mol. The first kappa shape index (κ1) is 12.8. The minimum absolute atomic E-state index is 0.168. The molecule has 0 aliphatic rings. The van der Waals surface area contributed by atoms with Crippen LogP contribution < -0.4 is 5.32 Å². The number of amides is 1. The minimum atomic E-state index is -0.168. The van der Waals surface area contributed by atoms with E-state index in [-0.39, 0.29) is 5.91 Å². The van der Waals surface area contributed by atoms with Gasteiger partial charge in [-0.1, -0.05) is 5.16 Å². The zero-order chi connectivity index (χ0) is 14.3. The fourth-order valence-corrected chi connectivity index (χ4v) is 2.94. The summed E-state index contributed by atoms with van der Waals surface area (Å²) >= 11 is 1.63. The Morgan fingerprint density at radius 3 is 2.80 bits per heavy atom. The normalized spacial score (nSPS) is 10.9. The van der Waals surface area contributed by atoms with Crippen LogP contribution in [0.3, 0.4) is 0 Å². The number of nitrogens with one attached hydrogen (secondary N) is 1. The number of rotatable bonds is 2. The molecule has 0 aromatic carbocycles. The molecule has 1 amide bonds. The first-order valence-corrected chi connectivity index (χ1v) is 6.97. The molecule has 3 heterocycles. The Morgan fingerprint density at radius 2 is 2.15 bits per heavy atom. The van der Waals surface area contributed by atoms with Crippen LogP contribution in [-0.2, 0) is 0 Å². The molecule has 0 aliphatic carbocycles. The first-order chi connectivity index (χ1) is 9.60. The lowest BCUT2D eigenvalue weighted by atomic mass is 10.1. The molecule has 5 nitrogen and oxygen atoms in total. The van der Waals surface area contributed by atoms with Crippen LogP contribution in [0, 0.1) is 13.8 Å². The first-order valence-electron chi connectivity index (χ1n) is 6.16. The van der Waals surface area contributed by atoms with Crippen molar-refractivity contribution in [2.45, 2.75) is 13.8 Å². The van der Waals surface area contributed by atoms with Crippen LogP contribution in [0.25, 0.3) is 21.7 Å². The lowest BCUT2D eigenvalue weighted by Crippen LogP contribution is -2.18. The molecule has 3 aromatic heterocycles. The fourth-order valence-electron chi connectivity index (χ4n) is 2.11. The number of hydrogen-bond acceptors (Lipinski definition) is 5. The van der Waals surface area contributed by atoms with Crippen molar-refractivity contribution >= 4 is 28.3 Å². The summed E-state index contributed by atoms with van der Waals surface area (Å²) in [4.78, 5) is 18.7. The third-order valence-electron chi connectivity index (χ3n) is 3.08. The van der Waals surface area contributed by atoms with Gasteiger partial charge in [0.05, 0.1) is 27.2 Å². The van der Waals surface area contributed by atoms with Crippen molar-refractivity contribution in [1.29, 1.82) is 0 Å². The summed E-state index contributed by atoms with van der Waals surface area (Å²) in [6.07, 6.45) is 0. The number of fused-ring (bicyclic) bond motifs is 1. The number of carbonyl (C=O) groups excluding carboxylic acids is 1. The van der Waals surface area contributed by atoms with Gasteiger partial charge in [0, 0.05) is 11.9 Å². The quantitative estimate of drug-likeness (QED) is 0.787. The molecule has 0 bridgehead atoms. The lowest BCUT2D eigenvalue weighted by molar-refractivity contribution is 0.0964. The summed E-state index contributed by atoms with van der Waals surface area (Å²) in [6.45, 7) is 3.83. The molecule has 0 aliphatic heterocycles. The van der Waals surface area contributed by atoms with Crippen molar-refractivity contribution in [3.8, 4) is 10.6 Å². The van der Waals surface area contributed by atoms with Crippen LogP contribution in [0.1, 0.15) is 20.9 Å². The maximum Gasteiger partial charge on any atom is 0.259 e. The predicted octanol–water partition coefficient (Wildman–Crippen LogP) is 2.93. The van der Waals surface area contributed by atoms with Gasteiger partial charge in [-0.2, -0.15) is 0 Å². The van der Waals surface area contributed by atoms with E-state index in [1.165, 1.54) is 4.88 Å². The standard InChI is InChI=1S/C14H13N3O2S/c1-7-4-5-11(20-7)10-6-9(13(18)15-3)12-8(2)17-19-14(12)16-10/h4-6H,1-3H3,(H,15,18). The third kappa shape index (κ3) is 1.98. The molecule has 0 saturated heterocycles. The van der Waals surface area contributed by atoms with E-state index in [1.54, 1.807) is 31.4 Å². The van der Waals surface area contributed by atoms with Crippen LogP contribution in [0.15, 0.2) is 22.7 Å². The van der Waals surface area contributed by atoms with Gasteiger partial charge in [0.15, 0.2) is 0 Å². The molecule has 6 heteroatoms. The fraction of sp³-hybridized carbons (Fsp3) is 0.214. The van der Waals surface area contributed by atoms with E-state index in [9.17, 15) is 4.79 Å². The summed E-state index contributed by atoms with van der Waals surface area (Å²) in [5, 5.41) is 7.21. The maximum atomic E-state index is 12.1. The van der Waals surface area contributed by atoms with Gasteiger partial charge in [0.2, 0.25) is 0 Å². The van der Waals surface area contributed by atoms with Crippen molar-refractivity contribution in [1.82, 2.24) is 15.5 Å². The topological polar surface area (TPSA) is 68.0 Å². The molecule has 0 spiro atoms. The minimum Gasteiger partial charge on any atom is -0.355 e. The average Bonchev–Trinajstić information content (AvgIpc) is 3.04. The van der Waals surface area contributed by atoms with Gasteiger partial charge < -0.3 is 9.84 Å². The number of carbonyl (C=O) groups is 1. The van der Waals surface area contributed by atoms with E-state index in [1.807, 2.05) is 19.1 Å². The highest BCUT2D eigenvalue weighted by Crippen LogP contribution is 2.30. The Hall–Kier alpha value is -2.21. The summed E-state index contributed by atoms with van der Waals surface area (Å²) < 4.78 is 5.22. The van der Waals surface area contributed by atoms with E-state index >= 15 is 0 Å². The molecule has 0 saturated carbocycles. The van der Waals surface area contributed by atoms with Crippen molar-refractivity contribution in [3.63, 3.8) is 0 Å². The molecular formula is C14H13N3O2S. The van der Waals surface area contributed by atoms with Gasteiger partial charge in [0.1, 0.15) is 0 Å². The lowest BCUT2D eigenvalue weighted by Gasteiger charge is -2.04. The highest BCUT2D eigenvalue weighted by molar-refractivity contribution is 7.15. The van der Waals surface area contributed by atoms with Crippen LogP contribution in [-0.4, -0.2) is 23.1 Å². The van der Waals surface area contributed by atoms with Crippen LogP contribution in [0.4, 0.5) is 0 Å². The smallest absolute Gasteiger partial charge is 0.259 e. The number of aryl methyl sites for hydroxylation is 2. The van der Waals surface area contributed by atoms with Gasteiger partial charge in [-0.05, 0) is 32.0 Å². The Balaban J connectivity index is 2.28. The Morgan fingerprint density at radius 1 is 1.35 bits per heavy atom. The molecule has 3 aromatic rings. The van der Waals surface area contributed by atoms with E-state index < -0.39 is 0 Å². The molecular weight excluding hydrogens is 274 g/mol. The van der Waals surface area contributed by atoms with E-state index in [0.717, 1.165) is 10.6 Å². The zero-order valence-corrected chi connectivity index (χ0v) is 12.2. The molecule has 0 atom stereocenters. The van der Waals surface area contributed by atoms with Crippen molar-refractivity contribution in [2.24, 2.45) is 0 Å². The second-order valence-electron chi connectivity index (χ2n) is 4.49. The van der Waals surface area contributed by atoms with Crippen LogP contribution in [0.2, 0.25) is 0 Å². The van der Waals surface area contributed by atoms with Crippen LogP contribution >= 0.6 is 11.3 Å². The third-order valence-corrected chi connectivity index (χ3v) is 4.10. The van der Waals surface area contributed by atoms with E-state index in [0.29, 0.717) is 22.4 Å². The van der Waals surface area contributed by atoms with Gasteiger partial charge in [-0.25, -0.2) is 4.98 Å². The van der Waals surface area contributed by atoms with Crippen LogP contribution in [0.5, 0.6) is 0 Å². The highest BCUT2D eigenvalue weighted by atomic mass is 32.1. The molecule has 0 fully saturated rings. The molecule has 0 radical (unpaired) electrons. The molecule has 102 valence electrons. The number of aromatic nitrogens is 2. The van der Waals surface area contributed by atoms with Crippen molar-refractivity contribution in [3.05, 3.63) is 34.3 Å². The Bertz CT molecular complexity index is 804. The van der Waals surface area contributed by atoms with Gasteiger partial charge >= 0.3 is 0 Å². The second kappa shape index (κ2) is 4.72. The average molecular weight is 287 g/mol. The van der Waals surface area contributed by atoms with E-state index in [2.05, 4.69) is 15.5 Å². The number of hydrogen-bond donors (Lipinski definition) is 1. The summed E-state index contributed by atoms with van der Waals surface area (Å²) in [7, 11) is 1.60. The number of nitrogens with zero attached hydrogens (tertiary/aromatic N) is 2. The van der Waals surface area contributed by atoms with E-state index in [4.69, 9.17) is 4.52 Å². The summed E-state index contributed by atoms with van der Waals surface area (Å²) in [6, 6.07) is 5.80. The molecule has 1 N–H and O–H groups in total. The molecule has 20 heavy (non-hydrogen) atoms. The summed E-state index contributed by atoms with van der Waals surface area (Å²) in [5.74, 6) is -0.168. The van der Waals surface area contributed by atoms with Crippen molar-refractivity contribution in [2.75, 3.05) is 7.05 Å². The second-order valence-corrected chi connectivity index (χ2v) is 5.78. The predicted molar refractivity (Wildman–Crippen MR) is 78.0 cm³/mol. The maximum absolute atomic E-state index is 12.1. The Labute approximate surface area is 119 Å².